The first-order chi connectivity index (χ1) is 12.9. The van der Waals surface area contributed by atoms with Crippen LogP contribution in [0.2, 0.25) is 0 Å². The minimum atomic E-state index is -3.66. The van der Waals surface area contributed by atoms with Crippen LogP contribution in [0.25, 0.3) is 0 Å². The molecule has 0 unspecified atom stereocenters. The SMILES string of the molecule is Cc1csc(NC(=O)c2cccc(S(=O)(=O)N3CCc4sccc4C3)c2)n1. The smallest absolute Gasteiger partial charge is 0.257 e. The van der Waals surface area contributed by atoms with Gasteiger partial charge in [0.25, 0.3) is 5.91 Å². The zero-order valence-corrected chi connectivity index (χ0v) is 17.0. The molecule has 0 radical (unpaired) electrons. The summed E-state index contributed by atoms with van der Waals surface area (Å²) in [5.41, 5.74) is 2.17. The molecule has 2 aromatic heterocycles. The Labute approximate surface area is 165 Å². The summed E-state index contributed by atoms with van der Waals surface area (Å²) in [6.45, 7) is 2.66. The highest BCUT2D eigenvalue weighted by Gasteiger charge is 2.29. The molecule has 140 valence electrons. The van der Waals surface area contributed by atoms with E-state index in [9.17, 15) is 13.2 Å². The van der Waals surface area contributed by atoms with E-state index in [0.29, 0.717) is 18.2 Å². The van der Waals surface area contributed by atoms with Gasteiger partial charge in [0.05, 0.1) is 10.6 Å². The second kappa shape index (κ2) is 7.16. The average molecular weight is 420 g/mol. The van der Waals surface area contributed by atoms with Gasteiger partial charge >= 0.3 is 0 Å². The van der Waals surface area contributed by atoms with E-state index in [1.165, 1.54) is 32.7 Å². The second-order valence-electron chi connectivity index (χ2n) is 6.23. The zero-order valence-electron chi connectivity index (χ0n) is 14.5. The monoisotopic (exact) mass is 419 g/mol. The van der Waals surface area contributed by atoms with Crippen molar-refractivity contribution in [3.8, 4) is 0 Å². The lowest BCUT2D eigenvalue weighted by atomic mass is 10.1. The number of aryl methyl sites for hydroxylation is 1. The van der Waals surface area contributed by atoms with Crippen LogP contribution in [-0.2, 0) is 23.0 Å². The predicted octanol–water partition coefficient (Wildman–Crippen LogP) is 3.51. The molecule has 0 saturated heterocycles. The van der Waals surface area contributed by atoms with Crippen LogP contribution in [0.15, 0.2) is 46.0 Å². The van der Waals surface area contributed by atoms with Crippen molar-refractivity contribution in [1.29, 1.82) is 0 Å². The molecule has 1 amide bonds. The largest absolute Gasteiger partial charge is 0.298 e. The van der Waals surface area contributed by atoms with Crippen molar-refractivity contribution in [1.82, 2.24) is 9.29 Å². The second-order valence-corrected chi connectivity index (χ2v) is 10.0. The molecule has 27 heavy (non-hydrogen) atoms. The van der Waals surface area contributed by atoms with Crippen molar-refractivity contribution in [3.63, 3.8) is 0 Å². The third-order valence-corrected chi connectivity index (χ3v) is 8.09. The molecular weight excluding hydrogens is 402 g/mol. The van der Waals surface area contributed by atoms with Gasteiger partial charge in [0, 0.05) is 28.9 Å². The maximum absolute atomic E-state index is 13.0. The van der Waals surface area contributed by atoms with Gasteiger partial charge in [-0.2, -0.15) is 4.31 Å². The highest BCUT2D eigenvalue weighted by Crippen LogP contribution is 2.28. The number of fused-ring (bicyclic) bond motifs is 1. The fraction of sp³-hybridized carbons (Fsp3) is 0.222. The number of thiazole rings is 1. The molecule has 3 aromatic rings. The fourth-order valence-corrected chi connectivity index (χ4v) is 5.99. The van der Waals surface area contributed by atoms with Crippen molar-refractivity contribution >= 4 is 43.7 Å². The van der Waals surface area contributed by atoms with Crippen LogP contribution < -0.4 is 5.32 Å². The maximum atomic E-state index is 13.0. The third-order valence-electron chi connectivity index (χ3n) is 4.35. The number of aromatic nitrogens is 1. The molecule has 6 nitrogen and oxygen atoms in total. The van der Waals surface area contributed by atoms with Crippen molar-refractivity contribution in [2.45, 2.75) is 24.8 Å². The van der Waals surface area contributed by atoms with Crippen LogP contribution in [0.5, 0.6) is 0 Å². The molecular formula is C18H17N3O3S3. The molecule has 4 rings (SSSR count). The van der Waals surface area contributed by atoms with Crippen LogP contribution in [-0.4, -0.2) is 30.2 Å². The van der Waals surface area contributed by atoms with Gasteiger partial charge in [-0.15, -0.1) is 22.7 Å². The van der Waals surface area contributed by atoms with Crippen molar-refractivity contribution in [2.24, 2.45) is 0 Å². The summed E-state index contributed by atoms with van der Waals surface area (Å²) in [4.78, 5) is 18.0. The first kappa shape index (κ1) is 18.3. The van der Waals surface area contributed by atoms with Crippen molar-refractivity contribution in [3.05, 3.63) is 62.8 Å². The number of thiophene rings is 1. The van der Waals surface area contributed by atoms with E-state index >= 15 is 0 Å². The number of rotatable bonds is 4. The molecule has 0 spiro atoms. The van der Waals surface area contributed by atoms with E-state index in [1.54, 1.807) is 23.5 Å². The number of hydrogen-bond acceptors (Lipinski definition) is 6. The Kier molecular flexibility index (Phi) is 4.85. The standard InChI is InChI=1S/C18H17N3O3S3/c1-12-11-26-18(19-12)20-17(22)13-3-2-4-15(9-13)27(23,24)21-7-5-16-14(10-21)6-8-25-16/h2-4,6,8-9,11H,5,7,10H2,1H3,(H,19,20,22). The van der Waals surface area contributed by atoms with Crippen LogP contribution in [0, 0.1) is 6.92 Å². The van der Waals surface area contributed by atoms with E-state index < -0.39 is 10.0 Å². The maximum Gasteiger partial charge on any atom is 0.257 e. The van der Waals surface area contributed by atoms with Gasteiger partial charge in [-0.05, 0) is 48.6 Å². The topological polar surface area (TPSA) is 79.4 Å². The van der Waals surface area contributed by atoms with Gasteiger partial charge in [-0.25, -0.2) is 13.4 Å². The van der Waals surface area contributed by atoms with Gasteiger partial charge < -0.3 is 0 Å². The Morgan fingerprint density at radius 1 is 1.26 bits per heavy atom. The highest BCUT2D eigenvalue weighted by atomic mass is 32.2. The summed E-state index contributed by atoms with van der Waals surface area (Å²) in [5, 5.41) is 7.03. The summed E-state index contributed by atoms with van der Waals surface area (Å²) in [5.74, 6) is -0.375. The summed E-state index contributed by atoms with van der Waals surface area (Å²) >= 11 is 2.99. The number of sulfonamides is 1. The Morgan fingerprint density at radius 3 is 2.89 bits per heavy atom. The molecule has 0 fully saturated rings. The number of benzene rings is 1. The van der Waals surface area contributed by atoms with E-state index in [4.69, 9.17) is 0 Å². The number of hydrogen-bond donors (Lipinski definition) is 1. The number of nitrogens with one attached hydrogen (secondary N) is 1. The van der Waals surface area contributed by atoms with Gasteiger partial charge in [0.15, 0.2) is 5.13 Å². The van der Waals surface area contributed by atoms with E-state index in [0.717, 1.165) is 17.7 Å². The summed E-state index contributed by atoms with van der Waals surface area (Å²) in [6.07, 6.45) is 0.718. The quantitative estimate of drug-likeness (QED) is 0.702. The number of carbonyl (C=O) groups is 1. The van der Waals surface area contributed by atoms with Crippen molar-refractivity contribution < 1.29 is 13.2 Å². The molecule has 3 heterocycles. The zero-order chi connectivity index (χ0) is 19.0. The minimum absolute atomic E-state index is 0.129. The van der Waals surface area contributed by atoms with E-state index in [2.05, 4.69) is 10.3 Å². The molecule has 0 bridgehead atoms. The van der Waals surface area contributed by atoms with Crippen LogP contribution >= 0.6 is 22.7 Å². The summed E-state index contributed by atoms with van der Waals surface area (Å²) in [6, 6.07) is 8.12. The lowest BCUT2D eigenvalue weighted by Gasteiger charge is -2.26. The average Bonchev–Trinajstić information content (AvgIpc) is 3.29. The molecule has 1 aromatic carbocycles. The van der Waals surface area contributed by atoms with E-state index in [1.807, 2.05) is 23.8 Å². The van der Waals surface area contributed by atoms with Crippen LogP contribution in [0.3, 0.4) is 0 Å². The number of nitrogens with zero attached hydrogens (tertiary/aromatic N) is 2. The molecule has 1 N–H and O–H groups in total. The van der Waals surface area contributed by atoms with E-state index in [-0.39, 0.29) is 16.4 Å². The Morgan fingerprint density at radius 2 is 2.11 bits per heavy atom. The Hall–Kier alpha value is -2.07. The summed E-state index contributed by atoms with van der Waals surface area (Å²) in [7, 11) is -3.66. The minimum Gasteiger partial charge on any atom is -0.298 e. The van der Waals surface area contributed by atoms with Crippen LogP contribution in [0.1, 0.15) is 26.5 Å². The van der Waals surface area contributed by atoms with Gasteiger partial charge in [0.2, 0.25) is 10.0 Å². The van der Waals surface area contributed by atoms with Gasteiger partial charge in [-0.1, -0.05) is 6.07 Å². The third kappa shape index (κ3) is 3.68. The fourth-order valence-electron chi connectivity index (χ4n) is 2.96. The highest BCUT2D eigenvalue weighted by molar-refractivity contribution is 7.89. The van der Waals surface area contributed by atoms with Crippen molar-refractivity contribution in [2.75, 3.05) is 11.9 Å². The summed E-state index contributed by atoms with van der Waals surface area (Å²) < 4.78 is 27.6. The normalized spacial score (nSPS) is 14.7. The molecule has 0 aliphatic carbocycles. The Bertz CT molecular complexity index is 1100. The lowest BCUT2D eigenvalue weighted by molar-refractivity contribution is 0.102. The first-order valence-electron chi connectivity index (χ1n) is 8.32. The lowest BCUT2D eigenvalue weighted by Crippen LogP contribution is -2.35. The van der Waals surface area contributed by atoms with Crippen LogP contribution in [0.4, 0.5) is 5.13 Å². The molecule has 1 aliphatic heterocycles. The molecule has 1 aliphatic rings. The molecule has 9 heteroatoms. The number of carbonyl (C=O) groups excluding carboxylic acids is 1. The number of amides is 1. The Balaban J connectivity index is 1.57. The molecule has 0 atom stereocenters. The number of anilines is 1. The van der Waals surface area contributed by atoms with Gasteiger partial charge in [0.1, 0.15) is 0 Å². The first-order valence-corrected chi connectivity index (χ1v) is 11.5. The molecule has 0 saturated carbocycles. The van der Waals surface area contributed by atoms with Gasteiger partial charge in [-0.3, -0.25) is 10.1 Å². The predicted molar refractivity (Wildman–Crippen MR) is 107 cm³/mol.